The molecule has 6 heteroatoms. The lowest BCUT2D eigenvalue weighted by Crippen LogP contribution is -2.28. The van der Waals surface area contributed by atoms with E-state index in [0.717, 1.165) is 47.5 Å². The third-order valence-electron chi connectivity index (χ3n) is 4.78. The molecule has 0 saturated heterocycles. The Bertz CT molecular complexity index is 838. The summed E-state index contributed by atoms with van der Waals surface area (Å²) in [5, 5.41) is 3.19. The standard InChI is InChI=1S/C21H25FN2O3/c1-4-27-21(25)12-23-19-7-6-15(16-9-10-24(2)13-18(16)19)17-11-14(22)5-8-20(17)26-3/h5-8,11,23H,4,9-10,12-13H2,1-3H3. The lowest BCUT2D eigenvalue weighted by Gasteiger charge is -2.29. The second kappa shape index (κ2) is 8.39. The van der Waals surface area contributed by atoms with Crippen LogP contribution in [0, 0.1) is 5.82 Å². The smallest absolute Gasteiger partial charge is 0.325 e. The Kier molecular flexibility index (Phi) is 5.96. The molecule has 2 aromatic rings. The summed E-state index contributed by atoms with van der Waals surface area (Å²) in [5.74, 6) is 0.0630. The number of nitrogens with zero attached hydrogens (tertiary/aromatic N) is 1. The van der Waals surface area contributed by atoms with Crippen LogP contribution in [0.4, 0.5) is 10.1 Å². The van der Waals surface area contributed by atoms with Crippen molar-refractivity contribution in [3.05, 3.63) is 47.3 Å². The van der Waals surface area contributed by atoms with Crippen molar-refractivity contribution < 1.29 is 18.7 Å². The molecule has 0 fully saturated rings. The molecule has 2 aromatic carbocycles. The van der Waals surface area contributed by atoms with Gasteiger partial charge in [-0.2, -0.15) is 0 Å². The highest BCUT2D eigenvalue weighted by molar-refractivity contribution is 5.80. The molecule has 5 nitrogen and oxygen atoms in total. The predicted octanol–water partition coefficient (Wildman–Crippen LogP) is 3.46. The van der Waals surface area contributed by atoms with E-state index in [1.165, 1.54) is 12.1 Å². The number of hydrogen-bond donors (Lipinski definition) is 1. The number of anilines is 1. The molecule has 27 heavy (non-hydrogen) atoms. The van der Waals surface area contributed by atoms with Crippen LogP contribution in [0.15, 0.2) is 30.3 Å². The predicted molar refractivity (Wildman–Crippen MR) is 104 cm³/mol. The number of carbonyl (C=O) groups is 1. The van der Waals surface area contributed by atoms with Crippen LogP contribution in [-0.2, 0) is 22.5 Å². The van der Waals surface area contributed by atoms with Gasteiger partial charge in [-0.1, -0.05) is 6.07 Å². The number of nitrogens with one attached hydrogen (secondary N) is 1. The molecule has 0 radical (unpaired) electrons. The first-order chi connectivity index (χ1) is 13.0. The molecule has 3 rings (SSSR count). The van der Waals surface area contributed by atoms with E-state index in [4.69, 9.17) is 9.47 Å². The quantitative estimate of drug-likeness (QED) is 0.787. The van der Waals surface area contributed by atoms with E-state index in [1.54, 1.807) is 20.1 Å². The molecule has 1 aliphatic rings. The van der Waals surface area contributed by atoms with Crippen molar-refractivity contribution in [2.75, 3.05) is 39.2 Å². The van der Waals surface area contributed by atoms with Gasteiger partial charge in [0, 0.05) is 24.3 Å². The third-order valence-corrected chi connectivity index (χ3v) is 4.78. The van der Waals surface area contributed by atoms with E-state index in [0.29, 0.717) is 12.4 Å². The van der Waals surface area contributed by atoms with Crippen molar-refractivity contribution in [3.63, 3.8) is 0 Å². The zero-order valence-corrected chi connectivity index (χ0v) is 16.0. The van der Waals surface area contributed by atoms with Crippen LogP contribution in [0.3, 0.4) is 0 Å². The van der Waals surface area contributed by atoms with E-state index in [2.05, 4.69) is 17.3 Å². The van der Waals surface area contributed by atoms with E-state index < -0.39 is 0 Å². The molecule has 1 heterocycles. The number of carbonyl (C=O) groups excluding carboxylic acids is 1. The molecule has 0 aromatic heterocycles. The van der Waals surface area contributed by atoms with Crippen molar-refractivity contribution in [1.82, 2.24) is 4.90 Å². The number of halogens is 1. The lowest BCUT2D eigenvalue weighted by atomic mass is 9.89. The van der Waals surface area contributed by atoms with Crippen LogP contribution in [0.5, 0.6) is 5.75 Å². The summed E-state index contributed by atoms with van der Waals surface area (Å²) in [5.41, 5.74) is 4.90. The van der Waals surface area contributed by atoms with Gasteiger partial charge in [-0.05, 0) is 61.3 Å². The summed E-state index contributed by atoms with van der Waals surface area (Å²) in [7, 11) is 3.65. The van der Waals surface area contributed by atoms with Gasteiger partial charge >= 0.3 is 5.97 Å². The first-order valence-electron chi connectivity index (χ1n) is 9.10. The number of ether oxygens (including phenoxy) is 2. The van der Waals surface area contributed by atoms with Crippen LogP contribution in [0.2, 0.25) is 0 Å². The molecular weight excluding hydrogens is 347 g/mol. The molecule has 0 aliphatic carbocycles. The van der Waals surface area contributed by atoms with Gasteiger partial charge in [0.1, 0.15) is 18.1 Å². The minimum absolute atomic E-state index is 0.118. The number of methoxy groups -OCH3 is 1. The highest BCUT2D eigenvalue weighted by atomic mass is 19.1. The van der Waals surface area contributed by atoms with Crippen LogP contribution < -0.4 is 10.1 Å². The average molecular weight is 372 g/mol. The van der Waals surface area contributed by atoms with Gasteiger partial charge in [-0.15, -0.1) is 0 Å². The Morgan fingerprint density at radius 2 is 2.04 bits per heavy atom. The Balaban J connectivity index is 2.02. The Morgan fingerprint density at radius 1 is 1.22 bits per heavy atom. The summed E-state index contributed by atoms with van der Waals surface area (Å²) in [4.78, 5) is 13.9. The maximum absolute atomic E-state index is 13.9. The maximum atomic E-state index is 13.9. The monoisotopic (exact) mass is 372 g/mol. The van der Waals surface area contributed by atoms with E-state index >= 15 is 0 Å². The largest absolute Gasteiger partial charge is 0.496 e. The topological polar surface area (TPSA) is 50.8 Å². The number of likely N-dealkylation sites (N-methyl/N-ethyl adjacent to an activating group) is 1. The van der Waals surface area contributed by atoms with Gasteiger partial charge in [-0.3, -0.25) is 4.79 Å². The average Bonchev–Trinajstić information content (AvgIpc) is 2.66. The molecule has 1 N–H and O–H groups in total. The van der Waals surface area contributed by atoms with Crippen molar-refractivity contribution in [2.24, 2.45) is 0 Å². The van der Waals surface area contributed by atoms with Gasteiger partial charge in [0.2, 0.25) is 0 Å². The van der Waals surface area contributed by atoms with E-state index in [1.807, 2.05) is 12.1 Å². The minimum Gasteiger partial charge on any atom is -0.496 e. The molecule has 0 bridgehead atoms. The van der Waals surface area contributed by atoms with Crippen molar-refractivity contribution >= 4 is 11.7 Å². The summed E-state index contributed by atoms with van der Waals surface area (Å²) in [6.45, 7) is 3.94. The maximum Gasteiger partial charge on any atom is 0.325 e. The van der Waals surface area contributed by atoms with Crippen molar-refractivity contribution in [1.29, 1.82) is 0 Å². The fraction of sp³-hybridized carbons (Fsp3) is 0.381. The van der Waals surface area contributed by atoms with Gasteiger partial charge in [-0.25, -0.2) is 4.39 Å². The first kappa shape index (κ1) is 19.2. The van der Waals surface area contributed by atoms with Crippen molar-refractivity contribution in [2.45, 2.75) is 19.9 Å². The molecule has 0 atom stereocenters. The molecule has 0 spiro atoms. The minimum atomic E-state index is -0.294. The number of esters is 1. The highest BCUT2D eigenvalue weighted by Gasteiger charge is 2.22. The normalized spacial score (nSPS) is 13.8. The van der Waals surface area contributed by atoms with E-state index in [9.17, 15) is 9.18 Å². The number of hydrogen-bond acceptors (Lipinski definition) is 5. The zero-order valence-electron chi connectivity index (χ0n) is 16.0. The third kappa shape index (κ3) is 4.22. The van der Waals surface area contributed by atoms with Crippen LogP contribution >= 0.6 is 0 Å². The Hall–Kier alpha value is -2.60. The number of fused-ring (bicyclic) bond motifs is 1. The Labute approximate surface area is 159 Å². The van der Waals surface area contributed by atoms with Crippen LogP contribution in [0.25, 0.3) is 11.1 Å². The first-order valence-corrected chi connectivity index (χ1v) is 9.10. The molecule has 144 valence electrons. The fourth-order valence-corrected chi connectivity index (χ4v) is 3.50. The Morgan fingerprint density at radius 3 is 2.78 bits per heavy atom. The molecule has 1 aliphatic heterocycles. The fourth-order valence-electron chi connectivity index (χ4n) is 3.50. The lowest BCUT2D eigenvalue weighted by molar-refractivity contribution is -0.140. The molecular formula is C21H25FN2O3. The van der Waals surface area contributed by atoms with Crippen LogP contribution in [0.1, 0.15) is 18.1 Å². The summed E-state index contributed by atoms with van der Waals surface area (Å²) < 4.78 is 24.3. The zero-order chi connectivity index (χ0) is 19.4. The highest BCUT2D eigenvalue weighted by Crippen LogP contribution is 2.38. The SMILES string of the molecule is CCOC(=O)CNc1ccc(-c2cc(F)ccc2OC)c2c1CN(C)CC2. The second-order valence-corrected chi connectivity index (χ2v) is 6.61. The van der Waals surface area contributed by atoms with Gasteiger partial charge in [0.05, 0.1) is 13.7 Å². The van der Waals surface area contributed by atoms with Gasteiger partial charge in [0.25, 0.3) is 0 Å². The summed E-state index contributed by atoms with van der Waals surface area (Å²) in [6.07, 6.45) is 0.843. The van der Waals surface area contributed by atoms with Crippen molar-refractivity contribution in [3.8, 4) is 16.9 Å². The van der Waals surface area contributed by atoms with Gasteiger partial charge in [0.15, 0.2) is 0 Å². The number of rotatable bonds is 6. The summed E-state index contributed by atoms with van der Waals surface area (Å²) >= 11 is 0. The second-order valence-electron chi connectivity index (χ2n) is 6.61. The molecule has 0 amide bonds. The molecule has 0 unspecified atom stereocenters. The number of benzene rings is 2. The van der Waals surface area contributed by atoms with Gasteiger partial charge < -0.3 is 19.7 Å². The van der Waals surface area contributed by atoms with E-state index in [-0.39, 0.29) is 18.3 Å². The summed E-state index contributed by atoms with van der Waals surface area (Å²) in [6, 6.07) is 8.47. The molecule has 0 saturated carbocycles. The van der Waals surface area contributed by atoms with Crippen LogP contribution in [-0.4, -0.2) is 44.7 Å².